The zero-order valence-electron chi connectivity index (χ0n) is 10.6. The van der Waals surface area contributed by atoms with Crippen LogP contribution >= 0.6 is 0 Å². The minimum atomic E-state index is -1.36. The van der Waals surface area contributed by atoms with Gasteiger partial charge in [0.1, 0.15) is 5.56 Å². The van der Waals surface area contributed by atoms with Crippen molar-refractivity contribution in [1.29, 1.82) is 0 Å². The fourth-order valence-electron chi connectivity index (χ4n) is 2.08. The molecule has 6 nitrogen and oxygen atoms in total. The number of carbonyl (C=O) groups excluding carboxylic acids is 1. The Morgan fingerprint density at radius 1 is 1.20 bits per heavy atom. The van der Waals surface area contributed by atoms with E-state index in [1.807, 2.05) is 0 Å². The van der Waals surface area contributed by atoms with E-state index in [-0.39, 0.29) is 0 Å². The molecule has 0 radical (unpaired) electrons. The van der Waals surface area contributed by atoms with Crippen LogP contribution in [0.25, 0.3) is 0 Å². The fraction of sp³-hybridized carbons (Fsp3) is 0.417. The van der Waals surface area contributed by atoms with Crippen molar-refractivity contribution < 1.29 is 18.5 Å². The number of benzene rings is 1. The third-order valence-electron chi connectivity index (χ3n) is 3.10. The van der Waals surface area contributed by atoms with Gasteiger partial charge in [-0.25, -0.2) is 13.8 Å². The Hall–Kier alpha value is -2.09. The summed E-state index contributed by atoms with van der Waals surface area (Å²) in [6.07, 6.45) is 2.86. The molecule has 0 bridgehead atoms. The summed E-state index contributed by atoms with van der Waals surface area (Å²) in [6, 6.07) is 0.965. The highest BCUT2D eigenvalue weighted by Crippen LogP contribution is 2.22. The first-order valence-corrected chi connectivity index (χ1v) is 6.18. The van der Waals surface area contributed by atoms with E-state index in [1.54, 1.807) is 5.01 Å². The number of halogens is 2. The van der Waals surface area contributed by atoms with Crippen LogP contribution in [0.2, 0.25) is 0 Å². The lowest BCUT2D eigenvalue weighted by Crippen LogP contribution is -2.45. The molecule has 8 heteroatoms. The topological polar surface area (TPSA) is 75.5 Å². The predicted octanol–water partition coefficient (Wildman–Crippen LogP) is 2.00. The molecule has 1 aromatic rings. The maximum atomic E-state index is 13.2. The maximum Gasteiger partial charge on any atom is 0.285 e. The molecule has 0 atom stereocenters. The Morgan fingerprint density at radius 2 is 1.80 bits per heavy atom. The van der Waals surface area contributed by atoms with Crippen LogP contribution in [0.5, 0.6) is 0 Å². The van der Waals surface area contributed by atoms with Crippen LogP contribution in [0.4, 0.5) is 14.5 Å². The van der Waals surface area contributed by atoms with E-state index in [0.717, 1.165) is 19.3 Å². The van der Waals surface area contributed by atoms with Crippen LogP contribution in [-0.2, 0) is 0 Å². The molecule has 0 unspecified atom stereocenters. The van der Waals surface area contributed by atoms with Crippen LogP contribution in [0.15, 0.2) is 12.1 Å². The zero-order chi connectivity index (χ0) is 14.7. The molecule has 1 aromatic carbocycles. The SMILES string of the molecule is O=C(NN1CCCCC1)c1cc(F)c(F)cc1[N+](=O)[O-]. The monoisotopic (exact) mass is 285 g/mol. The maximum absolute atomic E-state index is 13.2. The highest BCUT2D eigenvalue weighted by atomic mass is 19.2. The van der Waals surface area contributed by atoms with Gasteiger partial charge in [-0.3, -0.25) is 20.3 Å². The highest BCUT2D eigenvalue weighted by Gasteiger charge is 2.25. The Balaban J connectivity index is 2.23. The van der Waals surface area contributed by atoms with Gasteiger partial charge in [0, 0.05) is 13.1 Å². The van der Waals surface area contributed by atoms with Gasteiger partial charge in [-0.15, -0.1) is 0 Å². The van der Waals surface area contributed by atoms with Crippen molar-refractivity contribution in [3.05, 3.63) is 39.4 Å². The summed E-state index contributed by atoms with van der Waals surface area (Å²) in [7, 11) is 0. The first-order valence-electron chi connectivity index (χ1n) is 6.18. The van der Waals surface area contributed by atoms with E-state index in [1.165, 1.54) is 0 Å². The molecule has 20 heavy (non-hydrogen) atoms. The lowest BCUT2D eigenvalue weighted by molar-refractivity contribution is -0.385. The molecule has 1 heterocycles. The van der Waals surface area contributed by atoms with Gasteiger partial charge in [0.2, 0.25) is 0 Å². The number of piperidine rings is 1. The molecule has 0 saturated carbocycles. The van der Waals surface area contributed by atoms with Crippen LogP contribution in [0.1, 0.15) is 29.6 Å². The van der Waals surface area contributed by atoms with E-state index in [0.29, 0.717) is 25.2 Å². The van der Waals surface area contributed by atoms with Gasteiger partial charge >= 0.3 is 0 Å². The summed E-state index contributed by atoms with van der Waals surface area (Å²) in [5.74, 6) is -3.46. The number of hydrogen-bond acceptors (Lipinski definition) is 4. The molecule has 0 aliphatic carbocycles. The molecule has 1 aliphatic rings. The van der Waals surface area contributed by atoms with Crippen LogP contribution < -0.4 is 5.43 Å². The van der Waals surface area contributed by atoms with Crippen molar-refractivity contribution in [3.63, 3.8) is 0 Å². The normalized spacial score (nSPS) is 15.9. The molecule has 2 rings (SSSR count). The average Bonchev–Trinajstić information content (AvgIpc) is 2.42. The van der Waals surface area contributed by atoms with Crippen molar-refractivity contribution in [2.45, 2.75) is 19.3 Å². The summed E-state index contributed by atoms with van der Waals surface area (Å²) < 4.78 is 26.2. The Labute approximate surface area is 113 Å². The Kier molecular flexibility index (Phi) is 4.23. The van der Waals surface area contributed by atoms with Crippen molar-refractivity contribution in [3.8, 4) is 0 Å². The van der Waals surface area contributed by atoms with E-state index in [4.69, 9.17) is 0 Å². The molecule has 1 saturated heterocycles. The number of nitrogens with one attached hydrogen (secondary N) is 1. The number of amides is 1. The lowest BCUT2D eigenvalue weighted by atomic mass is 10.1. The highest BCUT2D eigenvalue weighted by molar-refractivity contribution is 5.97. The smallest absolute Gasteiger partial charge is 0.285 e. The first kappa shape index (κ1) is 14.3. The fourth-order valence-corrected chi connectivity index (χ4v) is 2.08. The molecule has 1 aliphatic heterocycles. The lowest BCUT2D eigenvalue weighted by Gasteiger charge is -2.26. The van der Waals surface area contributed by atoms with Gasteiger partial charge in [-0.1, -0.05) is 6.42 Å². The van der Waals surface area contributed by atoms with Crippen molar-refractivity contribution in [1.82, 2.24) is 10.4 Å². The van der Waals surface area contributed by atoms with Crippen LogP contribution in [-0.4, -0.2) is 28.9 Å². The molecule has 0 spiro atoms. The minimum absolute atomic E-state index is 0.417. The molecule has 108 valence electrons. The van der Waals surface area contributed by atoms with Crippen LogP contribution in [0.3, 0.4) is 0 Å². The largest absolute Gasteiger partial charge is 0.285 e. The van der Waals surface area contributed by atoms with Gasteiger partial charge < -0.3 is 0 Å². The molecule has 1 fully saturated rings. The summed E-state index contributed by atoms with van der Waals surface area (Å²) in [4.78, 5) is 21.9. The number of nitrogens with zero attached hydrogens (tertiary/aromatic N) is 2. The van der Waals surface area contributed by atoms with Crippen molar-refractivity contribution in [2.75, 3.05) is 13.1 Å². The predicted molar refractivity (Wildman–Crippen MR) is 65.9 cm³/mol. The van der Waals surface area contributed by atoms with E-state index in [9.17, 15) is 23.7 Å². The van der Waals surface area contributed by atoms with E-state index < -0.39 is 33.7 Å². The number of hydrazine groups is 1. The second kappa shape index (κ2) is 5.91. The third kappa shape index (κ3) is 3.08. The third-order valence-corrected chi connectivity index (χ3v) is 3.10. The average molecular weight is 285 g/mol. The minimum Gasteiger partial charge on any atom is -0.285 e. The van der Waals surface area contributed by atoms with Gasteiger partial charge in [-0.05, 0) is 18.9 Å². The first-order chi connectivity index (χ1) is 9.49. The number of carbonyl (C=O) groups is 1. The van der Waals surface area contributed by atoms with Gasteiger partial charge in [0.15, 0.2) is 11.6 Å². The Bertz CT molecular complexity index is 545. The number of hydrogen-bond donors (Lipinski definition) is 1. The van der Waals surface area contributed by atoms with Gasteiger partial charge in [-0.2, -0.15) is 0 Å². The quantitative estimate of drug-likeness (QED) is 0.681. The van der Waals surface area contributed by atoms with E-state index in [2.05, 4.69) is 5.43 Å². The second-order valence-electron chi connectivity index (χ2n) is 4.53. The summed E-state index contributed by atoms with van der Waals surface area (Å²) in [5.41, 5.74) is 1.24. The molecule has 1 N–H and O–H groups in total. The van der Waals surface area contributed by atoms with Crippen molar-refractivity contribution in [2.24, 2.45) is 0 Å². The molecular weight excluding hydrogens is 272 g/mol. The van der Waals surface area contributed by atoms with E-state index >= 15 is 0 Å². The van der Waals surface area contributed by atoms with Gasteiger partial charge in [0.05, 0.1) is 11.0 Å². The number of nitro groups is 1. The molecular formula is C12H13F2N3O3. The molecule has 0 aromatic heterocycles. The second-order valence-corrected chi connectivity index (χ2v) is 4.53. The zero-order valence-corrected chi connectivity index (χ0v) is 10.6. The summed E-state index contributed by atoms with van der Waals surface area (Å²) >= 11 is 0. The number of nitro benzene ring substituents is 1. The standard InChI is InChI=1S/C12H13F2N3O3/c13-9-6-8(11(17(19)20)7-10(9)14)12(18)15-16-4-2-1-3-5-16/h6-7H,1-5H2,(H,15,18). The van der Waals surface area contributed by atoms with Crippen LogP contribution in [0, 0.1) is 21.7 Å². The summed E-state index contributed by atoms with van der Waals surface area (Å²) in [5, 5.41) is 12.4. The Morgan fingerprint density at radius 3 is 2.40 bits per heavy atom. The number of rotatable bonds is 3. The van der Waals surface area contributed by atoms with Crippen molar-refractivity contribution >= 4 is 11.6 Å². The summed E-state index contributed by atoms with van der Waals surface area (Å²) in [6.45, 7) is 1.26. The van der Waals surface area contributed by atoms with Gasteiger partial charge in [0.25, 0.3) is 11.6 Å². The molecule has 1 amide bonds.